The average molecular weight is 283 g/mol. The molecule has 2 aromatic heterocycles. The average Bonchev–Trinajstić information content (AvgIpc) is 3.09. The molecule has 0 aliphatic carbocycles. The highest BCUT2D eigenvalue weighted by Crippen LogP contribution is 2.13. The van der Waals surface area contributed by atoms with Crippen molar-refractivity contribution in [3.05, 3.63) is 42.2 Å². The molecule has 0 radical (unpaired) electrons. The van der Waals surface area contributed by atoms with Crippen LogP contribution in [-0.4, -0.2) is 32.3 Å². The molecule has 0 saturated carbocycles. The SMILES string of the molecule is CC(C)NCCCc1cnn(-c2nc3ccccc3[nH]2)c1. The molecule has 0 unspecified atom stereocenters. The summed E-state index contributed by atoms with van der Waals surface area (Å²) in [6.07, 6.45) is 6.11. The first-order valence-corrected chi connectivity index (χ1v) is 7.44. The fourth-order valence-corrected chi connectivity index (χ4v) is 2.34. The van der Waals surface area contributed by atoms with Gasteiger partial charge in [0.15, 0.2) is 0 Å². The van der Waals surface area contributed by atoms with Crippen LogP contribution in [0.25, 0.3) is 17.0 Å². The highest BCUT2D eigenvalue weighted by atomic mass is 15.3. The fraction of sp³-hybridized carbons (Fsp3) is 0.375. The van der Waals surface area contributed by atoms with Crippen LogP contribution in [0.5, 0.6) is 0 Å². The smallest absolute Gasteiger partial charge is 0.229 e. The van der Waals surface area contributed by atoms with Crippen molar-refractivity contribution in [2.75, 3.05) is 6.54 Å². The van der Waals surface area contributed by atoms with Gasteiger partial charge in [0.05, 0.1) is 17.2 Å². The third-order valence-electron chi connectivity index (χ3n) is 3.42. The zero-order valence-corrected chi connectivity index (χ0v) is 12.5. The second-order valence-electron chi connectivity index (χ2n) is 5.58. The van der Waals surface area contributed by atoms with E-state index < -0.39 is 0 Å². The van der Waals surface area contributed by atoms with Crippen molar-refractivity contribution in [2.45, 2.75) is 32.7 Å². The summed E-state index contributed by atoms with van der Waals surface area (Å²) in [5.41, 5.74) is 3.23. The molecule has 5 nitrogen and oxygen atoms in total. The van der Waals surface area contributed by atoms with Gasteiger partial charge in [-0.15, -0.1) is 0 Å². The molecule has 0 fully saturated rings. The van der Waals surface area contributed by atoms with Crippen molar-refractivity contribution >= 4 is 11.0 Å². The van der Waals surface area contributed by atoms with Crippen LogP contribution in [0.4, 0.5) is 0 Å². The van der Waals surface area contributed by atoms with Crippen molar-refractivity contribution < 1.29 is 0 Å². The van der Waals surface area contributed by atoms with E-state index in [2.05, 4.69) is 34.2 Å². The van der Waals surface area contributed by atoms with E-state index in [1.165, 1.54) is 5.56 Å². The summed E-state index contributed by atoms with van der Waals surface area (Å²) in [7, 11) is 0. The van der Waals surface area contributed by atoms with Crippen LogP contribution in [0.15, 0.2) is 36.7 Å². The number of nitrogens with one attached hydrogen (secondary N) is 2. The molecule has 5 heteroatoms. The lowest BCUT2D eigenvalue weighted by Crippen LogP contribution is -2.23. The predicted molar refractivity (Wildman–Crippen MR) is 84.7 cm³/mol. The quantitative estimate of drug-likeness (QED) is 0.684. The van der Waals surface area contributed by atoms with Crippen LogP contribution in [0, 0.1) is 0 Å². The van der Waals surface area contributed by atoms with Crippen LogP contribution in [0.1, 0.15) is 25.8 Å². The molecule has 110 valence electrons. The maximum Gasteiger partial charge on any atom is 0.229 e. The van der Waals surface area contributed by atoms with Gasteiger partial charge in [0.2, 0.25) is 5.95 Å². The van der Waals surface area contributed by atoms with Crippen molar-refractivity contribution in [3.8, 4) is 5.95 Å². The van der Waals surface area contributed by atoms with Gasteiger partial charge < -0.3 is 10.3 Å². The maximum atomic E-state index is 4.55. The monoisotopic (exact) mass is 283 g/mol. The van der Waals surface area contributed by atoms with Crippen LogP contribution >= 0.6 is 0 Å². The molecular formula is C16H21N5. The second-order valence-corrected chi connectivity index (χ2v) is 5.58. The molecule has 3 rings (SSSR count). The Bertz CT molecular complexity index is 677. The molecule has 0 amide bonds. The van der Waals surface area contributed by atoms with E-state index in [1.807, 2.05) is 41.3 Å². The van der Waals surface area contributed by atoms with E-state index >= 15 is 0 Å². The Balaban J connectivity index is 1.66. The van der Waals surface area contributed by atoms with Gasteiger partial charge in [-0.25, -0.2) is 9.67 Å². The second kappa shape index (κ2) is 6.10. The van der Waals surface area contributed by atoms with E-state index in [9.17, 15) is 0 Å². The number of hydrogen-bond donors (Lipinski definition) is 2. The zero-order chi connectivity index (χ0) is 14.7. The third kappa shape index (κ3) is 3.31. The van der Waals surface area contributed by atoms with Gasteiger partial charge in [0.25, 0.3) is 0 Å². The lowest BCUT2D eigenvalue weighted by molar-refractivity contribution is 0.570. The Morgan fingerprint density at radius 1 is 1.29 bits per heavy atom. The van der Waals surface area contributed by atoms with Crippen LogP contribution in [-0.2, 0) is 6.42 Å². The Morgan fingerprint density at radius 2 is 2.14 bits per heavy atom. The normalized spacial score (nSPS) is 11.6. The van der Waals surface area contributed by atoms with E-state index in [4.69, 9.17) is 0 Å². The molecule has 3 aromatic rings. The van der Waals surface area contributed by atoms with Crippen molar-refractivity contribution in [3.63, 3.8) is 0 Å². The lowest BCUT2D eigenvalue weighted by atomic mass is 10.2. The van der Waals surface area contributed by atoms with E-state index in [0.29, 0.717) is 6.04 Å². The third-order valence-corrected chi connectivity index (χ3v) is 3.42. The minimum atomic E-state index is 0.545. The van der Waals surface area contributed by atoms with Gasteiger partial charge in [-0.3, -0.25) is 0 Å². The highest BCUT2D eigenvalue weighted by Gasteiger charge is 2.06. The van der Waals surface area contributed by atoms with Gasteiger partial charge in [0, 0.05) is 12.2 Å². The number of rotatable bonds is 6. The van der Waals surface area contributed by atoms with Crippen LogP contribution in [0.2, 0.25) is 0 Å². The Labute approximate surface area is 124 Å². The minimum Gasteiger partial charge on any atom is -0.322 e. The van der Waals surface area contributed by atoms with E-state index in [0.717, 1.165) is 36.4 Å². The number of aromatic amines is 1. The number of para-hydroxylation sites is 2. The zero-order valence-electron chi connectivity index (χ0n) is 12.5. The molecule has 0 atom stereocenters. The molecule has 2 heterocycles. The molecule has 0 spiro atoms. The number of imidazole rings is 1. The van der Waals surface area contributed by atoms with Gasteiger partial charge in [0.1, 0.15) is 0 Å². The summed E-state index contributed by atoms with van der Waals surface area (Å²) >= 11 is 0. The number of aryl methyl sites for hydroxylation is 1. The number of aromatic nitrogens is 4. The molecule has 0 aliphatic rings. The van der Waals surface area contributed by atoms with Crippen molar-refractivity contribution in [1.82, 2.24) is 25.1 Å². The molecule has 0 aliphatic heterocycles. The first-order chi connectivity index (χ1) is 10.2. The van der Waals surface area contributed by atoms with Gasteiger partial charge in [-0.2, -0.15) is 5.10 Å². The first-order valence-electron chi connectivity index (χ1n) is 7.44. The largest absolute Gasteiger partial charge is 0.322 e. The number of hydrogen-bond acceptors (Lipinski definition) is 3. The molecular weight excluding hydrogens is 262 g/mol. The molecule has 21 heavy (non-hydrogen) atoms. The van der Waals surface area contributed by atoms with Gasteiger partial charge >= 0.3 is 0 Å². The van der Waals surface area contributed by atoms with Crippen molar-refractivity contribution in [2.24, 2.45) is 0 Å². The van der Waals surface area contributed by atoms with Crippen molar-refractivity contribution in [1.29, 1.82) is 0 Å². The number of nitrogens with zero attached hydrogens (tertiary/aromatic N) is 3. The summed E-state index contributed by atoms with van der Waals surface area (Å²) in [6, 6.07) is 8.55. The maximum absolute atomic E-state index is 4.55. The summed E-state index contributed by atoms with van der Waals surface area (Å²) in [5.74, 6) is 0.766. The van der Waals surface area contributed by atoms with Gasteiger partial charge in [-0.05, 0) is 37.1 Å². The van der Waals surface area contributed by atoms with E-state index in [1.54, 1.807) is 0 Å². The topological polar surface area (TPSA) is 58.5 Å². The predicted octanol–water partition coefficient (Wildman–Crippen LogP) is 2.68. The molecule has 0 bridgehead atoms. The van der Waals surface area contributed by atoms with Gasteiger partial charge in [-0.1, -0.05) is 26.0 Å². The fourth-order valence-electron chi connectivity index (χ4n) is 2.34. The first kappa shape index (κ1) is 13.8. The molecule has 0 saturated heterocycles. The summed E-state index contributed by atoms with van der Waals surface area (Å²) in [4.78, 5) is 7.83. The highest BCUT2D eigenvalue weighted by molar-refractivity contribution is 5.75. The Kier molecular flexibility index (Phi) is 4.01. The lowest BCUT2D eigenvalue weighted by Gasteiger charge is -2.06. The van der Waals surface area contributed by atoms with Crippen LogP contribution < -0.4 is 5.32 Å². The molecule has 1 aromatic carbocycles. The summed E-state index contributed by atoms with van der Waals surface area (Å²) in [6.45, 7) is 5.37. The number of benzene rings is 1. The molecule has 2 N–H and O–H groups in total. The minimum absolute atomic E-state index is 0.545. The Morgan fingerprint density at radius 3 is 2.95 bits per heavy atom. The summed E-state index contributed by atoms with van der Waals surface area (Å²) < 4.78 is 1.81. The van der Waals surface area contributed by atoms with E-state index in [-0.39, 0.29) is 0 Å². The number of H-pyrrole nitrogens is 1. The Hall–Kier alpha value is -2.14. The van der Waals surface area contributed by atoms with Crippen LogP contribution in [0.3, 0.4) is 0 Å². The standard InChI is InChI=1S/C16H21N5/c1-12(2)17-9-5-6-13-10-18-21(11-13)16-19-14-7-3-4-8-15(14)20-16/h3-4,7-8,10-12,17H,5-6,9H2,1-2H3,(H,19,20). The number of fused-ring (bicyclic) bond motifs is 1. The summed E-state index contributed by atoms with van der Waals surface area (Å²) in [5, 5.41) is 7.82.